The van der Waals surface area contributed by atoms with Gasteiger partial charge in [-0.3, -0.25) is 9.69 Å². The summed E-state index contributed by atoms with van der Waals surface area (Å²) in [6, 6.07) is 35.7. The Hall–Kier alpha value is -7.95. The van der Waals surface area contributed by atoms with Crippen LogP contribution in [0.2, 0.25) is 54.4 Å². The van der Waals surface area contributed by atoms with E-state index >= 15 is 0 Å². The summed E-state index contributed by atoms with van der Waals surface area (Å²) in [5.41, 5.74) is 12.4. The lowest BCUT2D eigenvalue weighted by atomic mass is 9.98. The molecule has 2 fully saturated rings. The number of carbonyl (C=O) groups is 2. The first-order valence-corrected chi connectivity index (χ1v) is 50.1. The fraction of sp³-hybridized carbons (Fsp3) is 0.565. The number of rotatable bonds is 32. The van der Waals surface area contributed by atoms with E-state index in [9.17, 15) is 14.7 Å². The molecular formula is C92H134N6O14Si3. The lowest BCUT2D eigenvalue weighted by Crippen LogP contribution is -2.56. The number of nitrogens with one attached hydrogen (secondary N) is 2. The molecule has 0 aromatic heterocycles. The zero-order valence-electron chi connectivity index (χ0n) is 73.3. The molecule has 2 aliphatic heterocycles. The van der Waals surface area contributed by atoms with Gasteiger partial charge in [-0.15, -0.1) is 0 Å². The molecule has 628 valence electrons. The number of benzene rings is 6. The summed E-state index contributed by atoms with van der Waals surface area (Å²) in [6.45, 7) is 62.8. The Morgan fingerprint density at radius 2 is 0.843 bits per heavy atom. The van der Waals surface area contributed by atoms with Crippen LogP contribution in [0.4, 0.5) is 9.59 Å². The summed E-state index contributed by atoms with van der Waals surface area (Å²) in [7, 11) is 0.161. The van der Waals surface area contributed by atoms with Crippen molar-refractivity contribution in [2.45, 2.75) is 244 Å². The summed E-state index contributed by atoms with van der Waals surface area (Å²) in [5, 5.41) is 15.7. The highest BCUT2D eigenvalue weighted by Crippen LogP contribution is 2.50. The van der Waals surface area contributed by atoms with Gasteiger partial charge in [0.1, 0.15) is 48.3 Å². The standard InChI is InChI=1S/C48H71N3O7Si2.C42H57N3O7Si.C2H6/c1-33-43(53-9)34(30-42(44(33)54-10)58-60(13,14)48(5,6)7)29-41(50-46(52)56-32-40-38-24-17-15-22-36(38)37-23-16-18-25-39(37)40)45(49-8)51-26-28-55-35(31-51)21-19-20-27-57-59(11,12)47(2,3)4;1-28-38(48-6)29(25-37(39(28)49-7)52-53(8,9)42(2,3)4)24-36(40(43-5)45-21-23-50-30(26-45)16-14-15-22-46)44-41(47)51-27-35-33-19-12-10-17-31(33)32-18-11-13-20-34(32)35;1-2/h15-18,22-25,30,35,40-41,45H,19-21,26-29,31-32H2,1-7,9-14H3,(H,50,52);10-13,17-20,25,30,35-36,40,46H,14-16,21-24,26-27H2,1-4,6-9H3,(H,44,47);1-2H3/t35-,41?,45?;30-,36?,40+;/m00./s1. The number of ether oxygens (including phenoxy) is 8. The molecule has 3 unspecified atom stereocenters. The summed E-state index contributed by atoms with van der Waals surface area (Å²) >= 11 is 0. The van der Waals surface area contributed by atoms with Crippen LogP contribution in [0.3, 0.4) is 0 Å². The minimum absolute atomic E-state index is 0.0340. The lowest BCUT2D eigenvalue weighted by Gasteiger charge is -2.37. The van der Waals surface area contributed by atoms with Crippen LogP contribution < -0.4 is 38.4 Å². The second-order valence-corrected chi connectivity index (χ2v) is 49.4. The van der Waals surface area contributed by atoms with E-state index < -0.39 is 61.6 Å². The molecular weight excluding hydrogens is 1500 g/mol. The molecule has 6 aromatic carbocycles. The molecule has 2 heterocycles. The van der Waals surface area contributed by atoms with Gasteiger partial charge in [0.2, 0.25) is 0 Å². The van der Waals surface area contributed by atoms with E-state index in [-0.39, 0.29) is 65.4 Å². The number of alkyl carbamates (subject to hydrolysis) is 2. The minimum Gasteiger partial charge on any atom is -0.541 e. The number of hydrogen-bond donors (Lipinski definition) is 3. The molecule has 2 aliphatic carbocycles. The number of aliphatic hydroxyl groups is 1. The SMILES string of the molecule is CC.[C-]#[N+]C(C(Cc1cc(O[Si](C)(C)C(C)(C)C)c(OC)c(C)c1OC)NC(=O)OCC1c2ccccc2-c2ccccc21)N1CCO[C@@H](CCCCO[Si](C)(C)C(C)(C)C)C1.[C-]#[N+][C@@H](C(Cc1cc(O[Si](C)(C)C(C)(C)C)c(OC)c(C)c1OC)NC(=O)OCC1c2ccccc2-c2ccccc21)N1CCO[C@@H](CCCCO)C1. The van der Waals surface area contributed by atoms with Crippen LogP contribution in [0.5, 0.6) is 34.5 Å². The normalized spacial score (nSPS) is 17.0. The summed E-state index contributed by atoms with van der Waals surface area (Å²) in [6.07, 6.45) is 3.03. The van der Waals surface area contributed by atoms with Crippen molar-refractivity contribution in [3.8, 4) is 56.8 Å². The molecule has 0 bridgehead atoms. The first kappa shape index (κ1) is 92.6. The third-order valence-corrected chi connectivity index (χ3v) is 37.8. The van der Waals surface area contributed by atoms with Gasteiger partial charge in [0, 0.05) is 86.3 Å². The smallest absolute Gasteiger partial charge is 0.407 e. The average Bonchev–Trinajstić information content (AvgIpc) is 1.65. The van der Waals surface area contributed by atoms with Gasteiger partial charge in [-0.05, 0) is 163 Å². The Labute approximate surface area is 691 Å². The molecule has 0 radical (unpaired) electrons. The number of nitrogens with zero attached hydrogens (tertiary/aromatic N) is 4. The quantitative estimate of drug-likeness (QED) is 0.0205. The number of methoxy groups -OCH3 is 4. The van der Waals surface area contributed by atoms with E-state index in [1.165, 1.54) is 0 Å². The maximum atomic E-state index is 14.1. The van der Waals surface area contributed by atoms with E-state index in [1.807, 2.05) is 88.4 Å². The predicted molar refractivity (Wildman–Crippen MR) is 468 cm³/mol. The van der Waals surface area contributed by atoms with Crippen LogP contribution in [0.1, 0.15) is 171 Å². The first-order valence-electron chi connectivity index (χ1n) is 41.3. The van der Waals surface area contributed by atoms with Crippen molar-refractivity contribution >= 4 is 37.1 Å². The molecule has 20 nitrogen and oxygen atoms in total. The number of unbranched alkanes of at least 4 members (excludes halogenated alkanes) is 2. The van der Waals surface area contributed by atoms with Gasteiger partial charge in [0.15, 0.2) is 19.8 Å². The highest BCUT2D eigenvalue weighted by molar-refractivity contribution is 6.75. The van der Waals surface area contributed by atoms with E-state index in [0.717, 1.165) is 105 Å². The molecule has 2 amide bonds. The molecule has 10 rings (SSSR count). The van der Waals surface area contributed by atoms with Crippen LogP contribution in [-0.4, -0.2) is 183 Å². The Kier molecular flexibility index (Phi) is 33.0. The first-order chi connectivity index (χ1) is 54.5. The van der Waals surface area contributed by atoms with Gasteiger partial charge in [0.05, 0.1) is 53.9 Å². The van der Waals surface area contributed by atoms with Gasteiger partial charge < -0.3 is 66.9 Å². The van der Waals surface area contributed by atoms with Crippen molar-refractivity contribution in [1.82, 2.24) is 20.4 Å². The van der Waals surface area contributed by atoms with Gasteiger partial charge in [0.25, 0.3) is 29.0 Å². The zero-order chi connectivity index (χ0) is 84.4. The summed E-state index contributed by atoms with van der Waals surface area (Å²) in [4.78, 5) is 40.6. The third-order valence-electron chi connectivity index (χ3n) is 24.5. The lowest BCUT2D eigenvalue weighted by molar-refractivity contribution is -0.0461. The molecule has 2 saturated heterocycles. The molecule has 6 atom stereocenters. The van der Waals surface area contributed by atoms with Crippen LogP contribution in [0, 0.1) is 27.0 Å². The third kappa shape index (κ3) is 22.7. The zero-order valence-corrected chi connectivity index (χ0v) is 76.3. The van der Waals surface area contributed by atoms with Crippen LogP contribution >= 0.6 is 0 Å². The number of morpholine rings is 2. The molecule has 0 spiro atoms. The monoisotopic (exact) mass is 1630 g/mol. The molecule has 4 aliphatic rings. The Morgan fingerprint density at radius 1 is 0.513 bits per heavy atom. The Bertz CT molecular complexity index is 4200. The second-order valence-electron chi connectivity index (χ2n) is 35.1. The number of aliphatic hydroxyl groups excluding tert-OH is 1. The van der Waals surface area contributed by atoms with Crippen molar-refractivity contribution in [3.63, 3.8) is 0 Å². The number of hydrogen-bond acceptors (Lipinski definition) is 16. The van der Waals surface area contributed by atoms with E-state index in [4.69, 9.17) is 64.3 Å². The molecule has 0 saturated carbocycles. The van der Waals surface area contributed by atoms with Crippen molar-refractivity contribution in [2.75, 3.05) is 94.3 Å². The van der Waals surface area contributed by atoms with Crippen molar-refractivity contribution in [1.29, 1.82) is 0 Å². The number of amides is 2. The fourth-order valence-corrected chi connectivity index (χ4v) is 18.3. The van der Waals surface area contributed by atoms with Crippen LogP contribution in [0.15, 0.2) is 109 Å². The fourth-order valence-electron chi connectivity index (χ4n) is 15.2. The van der Waals surface area contributed by atoms with Crippen LogP contribution in [-0.2, 0) is 36.2 Å². The molecule has 23 heteroatoms. The summed E-state index contributed by atoms with van der Waals surface area (Å²) in [5.74, 6) is 3.56. The van der Waals surface area contributed by atoms with Crippen molar-refractivity contribution < 1.29 is 65.9 Å². The number of carbonyl (C=O) groups excluding carboxylic acids is 2. The number of fused-ring (bicyclic) bond motifs is 6. The van der Waals surface area contributed by atoms with E-state index in [1.54, 1.807) is 28.4 Å². The highest BCUT2D eigenvalue weighted by atomic mass is 28.4. The predicted octanol–water partition coefficient (Wildman–Crippen LogP) is 20.0. The van der Waals surface area contributed by atoms with Gasteiger partial charge >= 0.3 is 12.2 Å². The minimum atomic E-state index is -2.29. The van der Waals surface area contributed by atoms with E-state index in [0.29, 0.717) is 86.7 Å². The van der Waals surface area contributed by atoms with E-state index in [2.05, 4.69) is 180 Å². The maximum Gasteiger partial charge on any atom is 0.407 e. The van der Waals surface area contributed by atoms with Gasteiger partial charge in [-0.2, -0.15) is 0 Å². The maximum absolute atomic E-state index is 14.1. The molecule has 115 heavy (non-hydrogen) atoms. The Morgan fingerprint density at radius 3 is 1.16 bits per heavy atom. The Balaban J connectivity index is 0.000000284. The van der Waals surface area contributed by atoms with Crippen molar-refractivity contribution in [3.05, 3.63) is 177 Å². The van der Waals surface area contributed by atoms with Gasteiger partial charge in [-0.1, -0.05) is 173 Å². The van der Waals surface area contributed by atoms with Crippen molar-refractivity contribution in [2.24, 2.45) is 0 Å². The highest BCUT2D eigenvalue weighted by Gasteiger charge is 2.46. The largest absolute Gasteiger partial charge is 0.541 e. The van der Waals surface area contributed by atoms with Crippen LogP contribution in [0.25, 0.3) is 31.9 Å². The molecule has 6 aromatic rings. The van der Waals surface area contributed by atoms with Gasteiger partial charge in [-0.25, -0.2) is 32.5 Å². The summed E-state index contributed by atoms with van der Waals surface area (Å²) < 4.78 is 68.5. The average molecular weight is 1630 g/mol. The molecule has 3 N–H and O–H groups in total. The second kappa shape index (κ2) is 41.0. The topological polar surface area (TPSA) is 195 Å².